The average Bonchev–Trinajstić information content (AvgIpc) is 2.76. The fourth-order valence-electron chi connectivity index (χ4n) is 1.31. The van der Waals surface area contributed by atoms with E-state index in [9.17, 15) is 0 Å². The highest BCUT2D eigenvalue weighted by atomic mass is 79.9. The second-order valence-electron chi connectivity index (χ2n) is 3.08. The van der Waals surface area contributed by atoms with Gasteiger partial charge >= 0.3 is 0 Å². The van der Waals surface area contributed by atoms with E-state index in [-0.39, 0.29) is 0 Å². The van der Waals surface area contributed by atoms with Crippen LogP contribution in [0.3, 0.4) is 0 Å². The third kappa shape index (κ3) is 2.32. The lowest BCUT2D eigenvalue weighted by Gasteiger charge is -2.01. The van der Waals surface area contributed by atoms with E-state index in [2.05, 4.69) is 59.6 Å². The largest absolute Gasteiger partial charge is 0.313 e. The summed E-state index contributed by atoms with van der Waals surface area (Å²) in [6, 6.07) is 2.06. The van der Waals surface area contributed by atoms with Gasteiger partial charge in [-0.25, -0.2) is 0 Å². The fraction of sp³-hybridized carbons (Fsp3) is 0.333. The number of nitrogens with zero attached hydrogens (tertiary/aromatic N) is 3. The van der Waals surface area contributed by atoms with Crippen molar-refractivity contribution < 1.29 is 0 Å². The summed E-state index contributed by atoms with van der Waals surface area (Å²) in [5, 5.41) is 8.09. The lowest BCUT2D eigenvalue weighted by molar-refractivity contribution is 0.683. The van der Waals surface area contributed by atoms with E-state index in [0.29, 0.717) is 0 Å². The van der Waals surface area contributed by atoms with Gasteiger partial charge in [-0.1, -0.05) is 6.92 Å². The molecule has 2 aromatic rings. The Morgan fingerprint density at radius 3 is 2.87 bits per heavy atom. The zero-order valence-corrected chi connectivity index (χ0v) is 12.1. The van der Waals surface area contributed by atoms with Crippen LogP contribution in [-0.2, 0) is 6.54 Å². The molecule has 0 aromatic carbocycles. The van der Waals surface area contributed by atoms with E-state index in [1.54, 1.807) is 17.7 Å². The second-order valence-corrected chi connectivity index (χ2v) is 6.30. The van der Waals surface area contributed by atoms with Crippen molar-refractivity contribution in [2.45, 2.75) is 19.9 Å². The maximum Gasteiger partial charge on any atom is 0.173 e. The van der Waals surface area contributed by atoms with Gasteiger partial charge in [0.25, 0.3) is 0 Å². The summed E-state index contributed by atoms with van der Waals surface area (Å²) >= 11 is 8.61. The molecule has 0 aliphatic heterocycles. The zero-order valence-electron chi connectivity index (χ0n) is 8.07. The van der Waals surface area contributed by atoms with Crippen LogP contribution in [-0.4, -0.2) is 14.8 Å². The van der Waals surface area contributed by atoms with E-state index < -0.39 is 0 Å². The molecule has 0 fully saturated rings. The van der Waals surface area contributed by atoms with Crippen LogP contribution in [0.25, 0.3) is 10.7 Å². The molecule has 0 amide bonds. The van der Waals surface area contributed by atoms with Gasteiger partial charge in [-0.2, -0.15) is 0 Å². The predicted molar refractivity (Wildman–Crippen MR) is 69.0 cm³/mol. The van der Waals surface area contributed by atoms with E-state index >= 15 is 0 Å². The first kappa shape index (κ1) is 11.3. The van der Waals surface area contributed by atoms with Gasteiger partial charge in [0, 0.05) is 11.0 Å². The number of rotatable bonds is 3. The first-order valence-electron chi connectivity index (χ1n) is 4.55. The molecule has 0 N–H and O–H groups in total. The van der Waals surface area contributed by atoms with Gasteiger partial charge in [-0.3, -0.25) is 0 Å². The number of thiophene rings is 1. The molecule has 15 heavy (non-hydrogen) atoms. The van der Waals surface area contributed by atoms with Gasteiger partial charge in [0.2, 0.25) is 0 Å². The summed E-state index contributed by atoms with van der Waals surface area (Å²) in [5.74, 6) is 0.938. The maximum absolute atomic E-state index is 4.14. The van der Waals surface area contributed by atoms with Crippen LogP contribution in [0.15, 0.2) is 20.7 Å². The highest BCUT2D eigenvalue weighted by molar-refractivity contribution is 9.13. The zero-order chi connectivity index (χ0) is 10.8. The predicted octanol–water partition coefficient (Wildman–Crippen LogP) is 3.94. The van der Waals surface area contributed by atoms with Crippen molar-refractivity contribution in [2.24, 2.45) is 0 Å². The normalized spacial score (nSPS) is 10.9. The summed E-state index contributed by atoms with van der Waals surface area (Å²) in [5.41, 5.74) is 0. The molecule has 2 rings (SSSR count). The van der Waals surface area contributed by atoms with Crippen LogP contribution in [0.2, 0.25) is 0 Å². The van der Waals surface area contributed by atoms with Crippen molar-refractivity contribution >= 4 is 43.2 Å². The molecule has 2 heterocycles. The minimum Gasteiger partial charge on any atom is -0.313 e. The van der Waals surface area contributed by atoms with Crippen LogP contribution in [0.4, 0.5) is 0 Å². The number of hydrogen-bond donors (Lipinski definition) is 0. The second kappa shape index (κ2) is 4.76. The molecule has 0 aliphatic rings. The lowest BCUT2D eigenvalue weighted by Crippen LogP contribution is -1.96. The molecular formula is C9H9Br2N3S. The Morgan fingerprint density at radius 1 is 1.47 bits per heavy atom. The molecule has 0 saturated carbocycles. The topological polar surface area (TPSA) is 30.7 Å². The standard InChI is InChI=1S/C9H9Br2N3S/c1-2-3-14-5-12-13-9(14)7-4-6(10)8(11)15-7/h4-5H,2-3H2,1H3. The Labute approximate surface area is 109 Å². The quantitative estimate of drug-likeness (QED) is 0.839. The Balaban J connectivity index is 2.40. The summed E-state index contributed by atoms with van der Waals surface area (Å²) in [6.45, 7) is 3.10. The Hall–Kier alpha value is -0.200. The molecule has 2 aromatic heterocycles. The van der Waals surface area contributed by atoms with Crippen LogP contribution in [0.1, 0.15) is 13.3 Å². The molecule has 6 heteroatoms. The van der Waals surface area contributed by atoms with Crippen LogP contribution in [0, 0.1) is 0 Å². The number of halogens is 2. The van der Waals surface area contributed by atoms with E-state index in [0.717, 1.165) is 31.9 Å². The van der Waals surface area contributed by atoms with Crippen molar-refractivity contribution in [2.75, 3.05) is 0 Å². The van der Waals surface area contributed by atoms with Gasteiger partial charge in [-0.05, 0) is 44.3 Å². The van der Waals surface area contributed by atoms with Gasteiger partial charge in [0.05, 0.1) is 8.66 Å². The Morgan fingerprint density at radius 2 is 2.27 bits per heavy atom. The van der Waals surface area contributed by atoms with Gasteiger partial charge in [0.15, 0.2) is 5.82 Å². The monoisotopic (exact) mass is 349 g/mol. The van der Waals surface area contributed by atoms with Crippen molar-refractivity contribution in [3.8, 4) is 10.7 Å². The minimum absolute atomic E-state index is 0.938. The maximum atomic E-state index is 4.14. The van der Waals surface area contributed by atoms with E-state index in [1.807, 2.05) is 0 Å². The van der Waals surface area contributed by atoms with Crippen molar-refractivity contribution in [1.29, 1.82) is 0 Å². The molecule has 0 unspecified atom stereocenters. The third-order valence-corrected chi connectivity index (χ3v) is 5.20. The van der Waals surface area contributed by atoms with Crippen molar-refractivity contribution in [1.82, 2.24) is 14.8 Å². The fourth-order valence-corrected chi connectivity index (χ4v) is 3.34. The van der Waals surface area contributed by atoms with Gasteiger partial charge in [-0.15, -0.1) is 21.5 Å². The number of hydrogen-bond acceptors (Lipinski definition) is 3. The summed E-state index contributed by atoms with van der Waals surface area (Å²) in [6.07, 6.45) is 2.86. The van der Waals surface area contributed by atoms with Crippen LogP contribution >= 0.6 is 43.2 Å². The van der Waals surface area contributed by atoms with Crippen LogP contribution < -0.4 is 0 Å². The minimum atomic E-state index is 0.938. The molecule has 0 saturated heterocycles. The molecule has 0 aliphatic carbocycles. The number of aromatic nitrogens is 3. The van der Waals surface area contributed by atoms with Gasteiger partial charge in [0.1, 0.15) is 6.33 Å². The van der Waals surface area contributed by atoms with E-state index in [1.165, 1.54) is 0 Å². The highest BCUT2D eigenvalue weighted by Crippen LogP contribution is 2.37. The van der Waals surface area contributed by atoms with Crippen molar-refractivity contribution in [3.63, 3.8) is 0 Å². The van der Waals surface area contributed by atoms with Crippen molar-refractivity contribution in [3.05, 3.63) is 20.7 Å². The molecule has 0 atom stereocenters. The summed E-state index contributed by atoms with van der Waals surface area (Å²) < 4.78 is 4.22. The highest BCUT2D eigenvalue weighted by Gasteiger charge is 2.11. The van der Waals surface area contributed by atoms with Gasteiger partial charge < -0.3 is 4.57 Å². The molecular weight excluding hydrogens is 342 g/mol. The first-order valence-corrected chi connectivity index (χ1v) is 6.95. The average molecular weight is 351 g/mol. The SMILES string of the molecule is CCCn1cnnc1-c1cc(Br)c(Br)s1. The molecule has 0 radical (unpaired) electrons. The smallest absolute Gasteiger partial charge is 0.173 e. The number of aryl methyl sites for hydroxylation is 1. The molecule has 0 bridgehead atoms. The van der Waals surface area contributed by atoms with E-state index in [4.69, 9.17) is 0 Å². The summed E-state index contributed by atoms with van der Waals surface area (Å²) in [4.78, 5) is 1.12. The molecule has 0 spiro atoms. The summed E-state index contributed by atoms with van der Waals surface area (Å²) in [7, 11) is 0. The van der Waals surface area contributed by atoms with Crippen LogP contribution in [0.5, 0.6) is 0 Å². The third-order valence-electron chi connectivity index (χ3n) is 1.95. The molecule has 80 valence electrons. The first-order chi connectivity index (χ1) is 7.22. The Kier molecular flexibility index (Phi) is 3.58. The lowest BCUT2D eigenvalue weighted by atomic mass is 10.4. The molecule has 3 nitrogen and oxygen atoms in total. The Bertz CT molecular complexity index is 444.